The van der Waals surface area contributed by atoms with Crippen molar-refractivity contribution in [3.05, 3.63) is 36.6 Å². The summed E-state index contributed by atoms with van der Waals surface area (Å²) in [5, 5.41) is 10.8. The van der Waals surface area contributed by atoms with Crippen LogP contribution in [0.2, 0.25) is 0 Å². The smallest absolute Gasteiger partial charge is 0.284 e. The van der Waals surface area contributed by atoms with Crippen LogP contribution in [0, 0.1) is 0 Å². The van der Waals surface area contributed by atoms with Crippen molar-refractivity contribution in [3.8, 4) is 23.1 Å². The van der Waals surface area contributed by atoms with Crippen molar-refractivity contribution in [1.82, 2.24) is 10.2 Å². The van der Waals surface area contributed by atoms with Crippen LogP contribution < -0.4 is 14.8 Å². The molecular formula is C15H11N3O5S. The van der Waals surface area contributed by atoms with E-state index in [4.69, 9.17) is 18.3 Å². The summed E-state index contributed by atoms with van der Waals surface area (Å²) >= 11 is 1.14. The molecule has 122 valence electrons. The van der Waals surface area contributed by atoms with Gasteiger partial charge in [0.25, 0.3) is 11.1 Å². The Morgan fingerprint density at radius 3 is 3.00 bits per heavy atom. The Kier molecular flexibility index (Phi) is 3.83. The van der Waals surface area contributed by atoms with E-state index in [1.54, 1.807) is 30.3 Å². The fraction of sp³-hybridized carbons (Fsp3) is 0.133. The number of benzene rings is 1. The van der Waals surface area contributed by atoms with Crippen LogP contribution >= 0.6 is 11.8 Å². The van der Waals surface area contributed by atoms with Gasteiger partial charge in [0.1, 0.15) is 0 Å². The predicted octanol–water partition coefficient (Wildman–Crippen LogP) is 2.79. The van der Waals surface area contributed by atoms with Crippen LogP contribution in [0.15, 0.2) is 50.7 Å². The van der Waals surface area contributed by atoms with Gasteiger partial charge in [-0.3, -0.25) is 4.79 Å². The molecule has 3 heterocycles. The maximum Gasteiger partial charge on any atom is 0.284 e. The number of ether oxygens (including phenoxy) is 2. The first-order valence-electron chi connectivity index (χ1n) is 6.97. The third-order valence-corrected chi connectivity index (χ3v) is 3.94. The van der Waals surface area contributed by atoms with Gasteiger partial charge in [0.2, 0.25) is 12.7 Å². The SMILES string of the molecule is O=C(CSc1nnc(-c2ccco2)o1)Nc1ccc2c(c1)OCO2. The van der Waals surface area contributed by atoms with E-state index in [0.29, 0.717) is 28.2 Å². The largest absolute Gasteiger partial charge is 0.459 e. The van der Waals surface area contributed by atoms with E-state index < -0.39 is 0 Å². The van der Waals surface area contributed by atoms with Crippen molar-refractivity contribution in [1.29, 1.82) is 0 Å². The number of aromatic nitrogens is 2. The molecule has 0 saturated carbocycles. The Balaban J connectivity index is 1.33. The Bertz CT molecular complexity index is 862. The minimum absolute atomic E-state index is 0.133. The molecule has 1 aliphatic heterocycles. The molecule has 9 heteroatoms. The van der Waals surface area contributed by atoms with Crippen molar-refractivity contribution in [2.45, 2.75) is 5.22 Å². The summed E-state index contributed by atoms with van der Waals surface area (Å²) in [5.74, 6) is 1.97. The molecule has 0 unspecified atom stereocenters. The summed E-state index contributed by atoms with van der Waals surface area (Å²) < 4.78 is 21.1. The molecule has 1 amide bonds. The average molecular weight is 345 g/mol. The summed E-state index contributed by atoms with van der Waals surface area (Å²) in [6, 6.07) is 8.66. The van der Waals surface area contributed by atoms with Crippen LogP contribution in [0.1, 0.15) is 0 Å². The Hall–Kier alpha value is -2.94. The van der Waals surface area contributed by atoms with Crippen molar-refractivity contribution in [3.63, 3.8) is 0 Å². The number of rotatable bonds is 5. The summed E-state index contributed by atoms with van der Waals surface area (Å²) in [6.45, 7) is 0.192. The lowest BCUT2D eigenvalue weighted by molar-refractivity contribution is -0.113. The van der Waals surface area contributed by atoms with E-state index in [2.05, 4.69) is 15.5 Å². The maximum absolute atomic E-state index is 12.0. The third kappa shape index (κ3) is 3.06. The molecule has 0 atom stereocenters. The van der Waals surface area contributed by atoms with Crippen LogP contribution in [0.3, 0.4) is 0 Å². The molecule has 24 heavy (non-hydrogen) atoms. The lowest BCUT2D eigenvalue weighted by Crippen LogP contribution is -2.13. The molecule has 1 aliphatic rings. The minimum Gasteiger partial charge on any atom is -0.459 e. The first-order valence-corrected chi connectivity index (χ1v) is 7.96. The molecule has 3 aromatic rings. The monoisotopic (exact) mass is 345 g/mol. The number of hydrogen-bond acceptors (Lipinski definition) is 8. The van der Waals surface area contributed by atoms with E-state index >= 15 is 0 Å². The highest BCUT2D eigenvalue weighted by molar-refractivity contribution is 7.99. The summed E-state index contributed by atoms with van der Waals surface area (Å²) in [4.78, 5) is 12.0. The first-order chi connectivity index (χ1) is 11.8. The first kappa shape index (κ1) is 14.6. The molecule has 8 nitrogen and oxygen atoms in total. The van der Waals surface area contributed by atoms with Crippen molar-refractivity contribution in [2.75, 3.05) is 17.9 Å². The minimum atomic E-state index is -0.198. The summed E-state index contributed by atoms with van der Waals surface area (Å²) in [5.41, 5.74) is 0.631. The Morgan fingerprint density at radius 2 is 2.12 bits per heavy atom. The van der Waals surface area contributed by atoms with Gasteiger partial charge in [0.05, 0.1) is 12.0 Å². The number of anilines is 1. The zero-order valence-electron chi connectivity index (χ0n) is 12.2. The fourth-order valence-corrected chi connectivity index (χ4v) is 2.63. The second kappa shape index (κ2) is 6.28. The van der Waals surface area contributed by atoms with Crippen LogP contribution in [-0.2, 0) is 4.79 Å². The predicted molar refractivity (Wildman–Crippen MR) is 83.9 cm³/mol. The van der Waals surface area contributed by atoms with Gasteiger partial charge in [-0.05, 0) is 24.3 Å². The molecule has 0 radical (unpaired) electrons. The van der Waals surface area contributed by atoms with E-state index in [0.717, 1.165) is 11.8 Å². The number of furan rings is 1. The Labute approximate surface area is 140 Å². The number of hydrogen-bond donors (Lipinski definition) is 1. The standard InChI is InChI=1S/C15H11N3O5S/c19-13(16-9-3-4-10-12(6-9)22-8-21-10)7-24-15-18-17-14(23-15)11-2-1-5-20-11/h1-6H,7-8H2,(H,16,19). The average Bonchev–Trinajstić information content (AvgIpc) is 3.32. The van der Waals surface area contributed by atoms with Crippen molar-refractivity contribution in [2.24, 2.45) is 0 Å². The molecule has 0 saturated heterocycles. The van der Waals surface area contributed by atoms with Crippen LogP contribution in [0.4, 0.5) is 5.69 Å². The van der Waals surface area contributed by atoms with Gasteiger partial charge in [-0.1, -0.05) is 11.8 Å². The maximum atomic E-state index is 12.0. The molecular weight excluding hydrogens is 334 g/mol. The van der Waals surface area contributed by atoms with E-state index in [-0.39, 0.29) is 24.3 Å². The number of nitrogens with one attached hydrogen (secondary N) is 1. The van der Waals surface area contributed by atoms with Crippen molar-refractivity contribution < 1.29 is 23.1 Å². The highest BCUT2D eigenvalue weighted by Crippen LogP contribution is 2.34. The third-order valence-electron chi connectivity index (χ3n) is 3.12. The second-order valence-corrected chi connectivity index (χ2v) is 5.68. The van der Waals surface area contributed by atoms with Gasteiger partial charge in [-0.2, -0.15) is 0 Å². The molecule has 4 rings (SSSR count). The number of nitrogens with zero attached hydrogens (tertiary/aromatic N) is 2. The highest BCUT2D eigenvalue weighted by Gasteiger charge is 2.15. The molecule has 0 bridgehead atoms. The summed E-state index contributed by atoms with van der Waals surface area (Å²) in [7, 11) is 0. The molecule has 0 fully saturated rings. The van der Waals surface area contributed by atoms with E-state index in [9.17, 15) is 4.79 Å². The molecule has 1 N–H and O–H groups in total. The highest BCUT2D eigenvalue weighted by atomic mass is 32.2. The zero-order chi connectivity index (χ0) is 16.4. The number of carbonyl (C=O) groups excluding carboxylic acids is 1. The van der Waals surface area contributed by atoms with Crippen molar-refractivity contribution >= 4 is 23.4 Å². The van der Waals surface area contributed by atoms with E-state index in [1.807, 2.05) is 0 Å². The number of thioether (sulfide) groups is 1. The molecule has 0 aliphatic carbocycles. The van der Waals surface area contributed by atoms with Gasteiger partial charge in [-0.15, -0.1) is 10.2 Å². The summed E-state index contributed by atoms with van der Waals surface area (Å²) in [6.07, 6.45) is 1.52. The molecule has 0 spiro atoms. The van der Waals surface area contributed by atoms with Gasteiger partial charge in [0.15, 0.2) is 17.3 Å². The zero-order valence-corrected chi connectivity index (χ0v) is 13.0. The quantitative estimate of drug-likeness (QED) is 0.705. The van der Waals surface area contributed by atoms with E-state index in [1.165, 1.54) is 6.26 Å². The van der Waals surface area contributed by atoms with Gasteiger partial charge < -0.3 is 23.6 Å². The van der Waals surface area contributed by atoms with Crippen LogP contribution in [-0.4, -0.2) is 28.7 Å². The van der Waals surface area contributed by atoms with Crippen LogP contribution in [0.25, 0.3) is 11.7 Å². The van der Waals surface area contributed by atoms with Gasteiger partial charge >= 0.3 is 0 Å². The molecule has 2 aromatic heterocycles. The number of amides is 1. The van der Waals surface area contributed by atoms with Gasteiger partial charge in [-0.25, -0.2) is 0 Å². The lowest BCUT2D eigenvalue weighted by atomic mass is 10.3. The second-order valence-electron chi connectivity index (χ2n) is 4.76. The fourth-order valence-electron chi connectivity index (χ4n) is 2.07. The number of carbonyl (C=O) groups is 1. The Morgan fingerprint density at radius 1 is 1.21 bits per heavy atom. The normalized spacial score (nSPS) is 12.3. The number of fused-ring (bicyclic) bond motifs is 1. The lowest BCUT2D eigenvalue weighted by Gasteiger charge is -2.04. The van der Waals surface area contributed by atoms with Gasteiger partial charge in [0, 0.05) is 11.8 Å². The topological polar surface area (TPSA) is 99.6 Å². The molecule has 1 aromatic carbocycles. The van der Waals surface area contributed by atoms with Crippen LogP contribution in [0.5, 0.6) is 11.5 Å².